The van der Waals surface area contributed by atoms with Crippen LogP contribution in [-0.4, -0.2) is 25.3 Å². The summed E-state index contributed by atoms with van der Waals surface area (Å²) >= 11 is 0. The van der Waals surface area contributed by atoms with Gasteiger partial charge < -0.3 is 9.32 Å². The molecule has 1 aromatic carbocycles. The van der Waals surface area contributed by atoms with Gasteiger partial charge in [0.2, 0.25) is 5.69 Å². The number of aromatic nitrogens is 1. The Bertz CT molecular complexity index is 649. The zero-order valence-corrected chi connectivity index (χ0v) is 11.6. The average Bonchev–Trinajstić information content (AvgIpc) is 2.79. The number of rotatable bonds is 4. The van der Waals surface area contributed by atoms with E-state index in [1.807, 2.05) is 49.3 Å². The van der Waals surface area contributed by atoms with Crippen molar-refractivity contribution in [3.63, 3.8) is 0 Å². The van der Waals surface area contributed by atoms with E-state index in [0.29, 0.717) is 5.89 Å². The molecule has 0 spiro atoms. The van der Waals surface area contributed by atoms with Crippen molar-refractivity contribution in [2.45, 2.75) is 6.92 Å². The van der Waals surface area contributed by atoms with Crippen LogP contribution in [0.15, 0.2) is 33.8 Å². The van der Waals surface area contributed by atoms with Gasteiger partial charge in [-0.3, -0.25) is 0 Å². The van der Waals surface area contributed by atoms with E-state index in [1.165, 1.54) is 0 Å². The van der Waals surface area contributed by atoms with E-state index in [9.17, 15) is 0 Å². The lowest BCUT2D eigenvalue weighted by Crippen LogP contribution is -2.08. The summed E-state index contributed by atoms with van der Waals surface area (Å²) < 4.78 is 5.23. The molecule has 0 bridgehead atoms. The topological polar surface area (TPSA) is 77.5 Å². The highest BCUT2D eigenvalue weighted by Crippen LogP contribution is 2.15. The average molecular weight is 269 g/mol. The third-order valence-corrected chi connectivity index (χ3v) is 2.63. The minimum absolute atomic E-state index is 0.197. The number of hydrogen-bond acceptors (Lipinski definition) is 6. The predicted molar refractivity (Wildman–Crippen MR) is 77.9 cm³/mol. The molecule has 0 fully saturated rings. The minimum Gasteiger partial charge on any atom is -0.422 e. The quantitative estimate of drug-likeness (QED) is 0.681. The molecule has 1 heterocycles. The molecule has 102 valence electrons. The standard InChI is InChI=1S/C14H15N5O/c1-10-17-13(8-15)14(20-10)18-16-9-11-4-6-12(7-5-11)19(2)3/h4-7,9,18H,1-3H3/b16-9+. The summed E-state index contributed by atoms with van der Waals surface area (Å²) in [6.07, 6.45) is 1.65. The molecule has 2 aromatic rings. The maximum atomic E-state index is 8.86. The molecule has 0 saturated heterocycles. The molecule has 6 heteroatoms. The Kier molecular flexibility index (Phi) is 4.01. The first-order valence-electron chi connectivity index (χ1n) is 6.04. The van der Waals surface area contributed by atoms with Crippen LogP contribution in [0.25, 0.3) is 0 Å². The second kappa shape index (κ2) is 5.89. The Morgan fingerprint density at radius 3 is 2.65 bits per heavy atom. The summed E-state index contributed by atoms with van der Waals surface area (Å²) in [6, 6.07) is 9.85. The van der Waals surface area contributed by atoms with Gasteiger partial charge >= 0.3 is 0 Å². The van der Waals surface area contributed by atoms with Gasteiger partial charge in [-0.25, -0.2) is 10.4 Å². The minimum atomic E-state index is 0.197. The fourth-order valence-corrected chi connectivity index (χ4v) is 1.60. The van der Waals surface area contributed by atoms with Gasteiger partial charge in [-0.1, -0.05) is 12.1 Å². The monoisotopic (exact) mass is 269 g/mol. The normalized spacial score (nSPS) is 10.5. The zero-order valence-electron chi connectivity index (χ0n) is 11.6. The molecule has 0 aliphatic heterocycles. The Morgan fingerprint density at radius 1 is 1.35 bits per heavy atom. The number of hydrazone groups is 1. The van der Waals surface area contributed by atoms with Crippen molar-refractivity contribution in [2.75, 3.05) is 24.4 Å². The molecule has 1 N–H and O–H groups in total. The maximum Gasteiger partial charge on any atom is 0.252 e. The van der Waals surface area contributed by atoms with Crippen molar-refractivity contribution in [3.05, 3.63) is 41.4 Å². The second-order valence-corrected chi connectivity index (χ2v) is 4.38. The van der Waals surface area contributed by atoms with Crippen LogP contribution in [0.2, 0.25) is 0 Å². The van der Waals surface area contributed by atoms with Crippen molar-refractivity contribution in [2.24, 2.45) is 5.10 Å². The Balaban J connectivity index is 2.04. The van der Waals surface area contributed by atoms with Crippen LogP contribution in [0.3, 0.4) is 0 Å². The first-order chi connectivity index (χ1) is 9.60. The van der Waals surface area contributed by atoms with Crippen LogP contribution >= 0.6 is 0 Å². The van der Waals surface area contributed by atoms with Crippen LogP contribution in [0.5, 0.6) is 0 Å². The van der Waals surface area contributed by atoms with Crippen molar-refractivity contribution in [3.8, 4) is 6.07 Å². The van der Waals surface area contributed by atoms with E-state index >= 15 is 0 Å². The molecular weight excluding hydrogens is 254 g/mol. The molecule has 0 aliphatic carbocycles. The number of hydrogen-bond donors (Lipinski definition) is 1. The van der Waals surface area contributed by atoms with Crippen molar-refractivity contribution >= 4 is 17.8 Å². The summed E-state index contributed by atoms with van der Waals surface area (Å²) in [5.74, 6) is 0.681. The number of nitriles is 1. The highest BCUT2D eigenvalue weighted by Gasteiger charge is 2.08. The molecule has 0 aliphatic rings. The summed E-state index contributed by atoms with van der Waals surface area (Å²) in [7, 11) is 3.97. The van der Waals surface area contributed by atoms with Gasteiger partial charge in [0.15, 0.2) is 5.89 Å². The van der Waals surface area contributed by atoms with E-state index in [-0.39, 0.29) is 11.6 Å². The molecule has 0 radical (unpaired) electrons. The van der Waals surface area contributed by atoms with Crippen LogP contribution in [-0.2, 0) is 0 Å². The molecule has 2 rings (SSSR count). The molecular formula is C14H15N5O. The second-order valence-electron chi connectivity index (χ2n) is 4.38. The number of aryl methyl sites for hydroxylation is 1. The maximum absolute atomic E-state index is 8.86. The van der Waals surface area contributed by atoms with Crippen molar-refractivity contribution in [1.82, 2.24) is 4.98 Å². The summed E-state index contributed by atoms with van der Waals surface area (Å²) in [5.41, 5.74) is 4.94. The highest BCUT2D eigenvalue weighted by molar-refractivity contribution is 5.80. The number of benzene rings is 1. The number of oxazole rings is 1. The van der Waals surface area contributed by atoms with Crippen molar-refractivity contribution < 1.29 is 4.42 Å². The van der Waals surface area contributed by atoms with Crippen LogP contribution < -0.4 is 10.3 Å². The number of anilines is 2. The third-order valence-electron chi connectivity index (χ3n) is 2.63. The Hall–Kier alpha value is -2.81. The molecule has 0 atom stereocenters. The van der Waals surface area contributed by atoms with Gasteiger partial charge in [-0.05, 0) is 17.7 Å². The Labute approximate surface area is 117 Å². The molecule has 6 nitrogen and oxygen atoms in total. The lowest BCUT2D eigenvalue weighted by molar-refractivity contribution is 0.533. The van der Waals surface area contributed by atoms with Crippen LogP contribution in [0.4, 0.5) is 11.6 Å². The van der Waals surface area contributed by atoms with E-state index in [0.717, 1.165) is 11.3 Å². The first kappa shape index (κ1) is 13.6. The smallest absolute Gasteiger partial charge is 0.252 e. The predicted octanol–water partition coefficient (Wildman–Crippen LogP) is 2.37. The fourth-order valence-electron chi connectivity index (χ4n) is 1.60. The number of nitrogens with one attached hydrogen (secondary N) is 1. The van der Waals surface area contributed by atoms with E-state index in [4.69, 9.17) is 9.68 Å². The lowest BCUT2D eigenvalue weighted by atomic mass is 10.2. The van der Waals surface area contributed by atoms with Crippen LogP contribution in [0.1, 0.15) is 17.1 Å². The SMILES string of the molecule is Cc1nc(C#N)c(N/N=C/c2ccc(N(C)C)cc2)o1. The third kappa shape index (κ3) is 3.14. The van der Waals surface area contributed by atoms with Gasteiger partial charge in [0, 0.05) is 26.7 Å². The van der Waals surface area contributed by atoms with Gasteiger partial charge in [0.25, 0.3) is 5.88 Å². The Morgan fingerprint density at radius 2 is 2.05 bits per heavy atom. The van der Waals surface area contributed by atoms with E-state index in [1.54, 1.807) is 13.1 Å². The molecule has 0 unspecified atom stereocenters. The summed E-state index contributed by atoms with van der Waals surface area (Å²) in [6.45, 7) is 1.68. The van der Waals surface area contributed by atoms with Gasteiger partial charge in [0.1, 0.15) is 6.07 Å². The fraction of sp³-hybridized carbons (Fsp3) is 0.214. The van der Waals surface area contributed by atoms with Crippen molar-refractivity contribution in [1.29, 1.82) is 5.26 Å². The first-order valence-corrected chi connectivity index (χ1v) is 6.04. The largest absolute Gasteiger partial charge is 0.422 e. The van der Waals surface area contributed by atoms with Gasteiger partial charge in [-0.15, -0.1) is 0 Å². The summed E-state index contributed by atoms with van der Waals surface area (Å²) in [5, 5.41) is 12.9. The molecule has 0 saturated carbocycles. The van der Waals surface area contributed by atoms with E-state index < -0.39 is 0 Å². The molecule has 1 aromatic heterocycles. The lowest BCUT2D eigenvalue weighted by Gasteiger charge is -2.11. The zero-order chi connectivity index (χ0) is 14.5. The molecule has 20 heavy (non-hydrogen) atoms. The van der Waals surface area contributed by atoms with Gasteiger partial charge in [-0.2, -0.15) is 10.4 Å². The number of nitrogens with zero attached hydrogens (tertiary/aromatic N) is 4. The van der Waals surface area contributed by atoms with E-state index in [2.05, 4.69) is 15.5 Å². The van der Waals surface area contributed by atoms with Gasteiger partial charge in [0.05, 0.1) is 6.21 Å². The summed E-state index contributed by atoms with van der Waals surface area (Å²) in [4.78, 5) is 5.94. The highest BCUT2D eigenvalue weighted by atomic mass is 16.4. The van der Waals surface area contributed by atoms with Crippen LogP contribution in [0, 0.1) is 18.3 Å². The molecule has 0 amide bonds.